The van der Waals surface area contributed by atoms with Crippen molar-refractivity contribution in [1.82, 2.24) is 15.1 Å². The summed E-state index contributed by atoms with van der Waals surface area (Å²) in [7, 11) is 0. The van der Waals surface area contributed by atoms with Crippen LogP contribution in [-0.2, 0) is 6.54 Å². The Labute approximate surface area is 116 Å². The summed E-state index contributed by atoms with van der Waals surface area (Å²) in [6.45, 7) is 3.50. The number of nitrogens with one attached hydrogen (secondary N) is 1. The van der Waals surface area contributed by atoms with E-state index in [2.05, 4.69) is 10.4 Å². The van der Waals surface area contributed by atoms with Gasteiger partial charge in [0.1, 0.15) is 5.69 Å². The zero-order chi connectivity index (χ0) is 13.8. The minimum Gasteiger partial charge on any atom is -0.364 e. The lowest BCUT2D eigenvalue weighted by atomic mass is 10.1. The number of primary amides is 1. The molecular formula is C13H15ClN4O. The van der Waals surface area contributed by atoms with Gasteiger partial charge >= 0.3 is 0 Å². The van der Waals surface area contributed by atoms with Crippen LogP contribution in [0.3, 0.4) is 0 Å². The van der Waals surface area contributed by atoms with Gasteiger partial charge in [0.15, 0.2) is 0 Å². The minimum atomic E-state index is -0.547. The predicted octanol–water partition coefficient (Wildman–Crippen LogP) is 1.73. The number of carbonyl (C=O) groups is 1. The zero-order valence-corrected chi connectivity index (χ0v) is 11.3. The Bertz CT molecular complexity index is 594. The second-order valence-electron chi connectivity index (χ2n) is 4.03. The van der Waals surface area contributed by atoms with Crippen LogP contribution in [0.25, 0.3) is 5.69 Å². The first-order valence-corrected chi connectivity index (χ1v) is 6.35. The summed E-state index contributed by atoms with van der Waals surface area (Å²) < 4.78 is 1.61. The maximum Gasteiger partial charge on any atom is 0.269 e. The van der Waals surface area contributed by atoms with Crippen molar-refractivity contribution in [2.75, 3.05) is 6.54 Å². The topological polar surface area (TPSA) is 72.9 Å². The fraction of sp³-hybridized carbons (Fsp3) is 0.231. The standard InChI is InChI=1S/C13H15ClN4O/c1-2-16-8-9-10(14)4-3-5-12(9)18-7-6-11(17-18)13(15)19/h3-7,16H,2,8H2,1H3,(H2,15,19). The molecule has 1 amide bonds. The number of halogens is 1. The van der Waals surface area contributed by atoms with E-state index in [4.69, 9.17) is 17.3 Å². The summed E-state index contributed by atoms with van der Waals surface area (Å²) in [5, 5.41) is 8.04. The van der Waals surface area contributed by atoms with Crippen molar-refractivity contribution >= 4 is 17.5 Å². The molecule has 0 saturated heterocycles. The van der Waals surface area contributed by atoms with E-state index in [0.717, 1.165) is 17.8 Å². The van der Waals surface area contributed by atoms with Crippen molar-refractivity contribution in [1.29, 1.82) is 0 Å². The number of hydrogen-bond acceptors (Lipinski definition) is 3. The van der Waals surface area contributed by atoms with Crippen LogP contribution in [0.4, 0.5) is 0 Å². The molecule has 0 atom stereocenters. The Morgan fingerprint density at radius 3 is 2.89 bits per heavy atom. The normalized spacial score (nSPS) is 10.6. The lowest BCUT2D eigenvalue weighted by Crippen LogP contribution is -2.15. The molecule has 0 spiro atoms. The second-order valence-corrected chi connectivity index (χ2v) is 4.43. The summed E-state index contributed by atoms with van der Waals surface area (Å²) in [5.74, 6) is -0.547. The van der Waals surface area contributed by atoms with E-state index in [0.29, 0.717) is 11.6 Å². The van der Waals surface area contributed by atoms with Crippen molar-refractivity contribution in [2.45, 2.75) is 13.5 Å². The fourth-order valence-electron chi connectivity index (χ4n) is 1.78. The molecule has 0 bridgehead atoms. The Kier molecular flexibility index (Phi) is 4.19. The molecule has 0 unspecified atom stereocenters. The maximum absolute atomic E-state index is 11.1. The molecule has 0 fully saturated rings. The highest BCUT2D eigenvalue weighted by molar-refractivity contribution is 6.31. The Balaban J connectivity index is 2.42. The highest BCUT2D eigenvalue weighted by Crippen LogP contribution is 2.23. The molecular weight excluding hydrogens is 264 g/mol. The largest absolute Gasteiger partial charge is 0.364 e. The maximum atomic E-state index is 11.1. The second kappa shape index (κ2) is 5.86. The number of nitrogens with two attached hydrogens (primary N) is 1. The lowest BCUT2D eigenvalue weighted by molar-refractivity contribution is 0.0995. The molecule has 2 aromatic rings. The predicted molar refractivity (Wildman–Crippen MR) is 74.5 cm³/mol. The van der Waals surface area contributed by atoms with Gasteiger partial charge in [-0.15, -0.1) is 0 Å². The molecule has 19 heavy (non-hydrogen) atoms. The number of nitrogens with zero attached hydrogens (tertiary/aromatic N) is 2. The van der Waals surface area contributed by atoms with Crippen LogP contribution in [0.15, 0.2) is 30.5 Å². The quantitative estimate of drug-likeness (QED) is 0.875. The first kappa shape index (κ1) is 13.6. The van der Waals surface area contributed by atoms with E-state index in [1.165, 1.54) is 0 Å². The minimum absolute atomic E-state index is 0.231. The number of carbonyl (C=O) groups excluding carboxylic acids is 1. The van der Waals surface area contributed by atoms with Gasteiger partial charge in [0.05, 0.1) is 5.69 Å². The van der Waals surface area contributed by atoms with Gasteiger partial charge in [0.25, 0.3) is 5.91 Å². The first-order chi connectivity index (χ1) is 9.13. The van der Waals surface area contributed by atoms with Gasteiger partial charge in [-0.3, -0.25) is 4.79 Å². The molecule has 0 aliphatic rings. The molecule has 0 aliphatic carbocycles. The molecule has 0 saturated carbocycles. The van der Waals surface area contributed by atoms with E-state index >= 15 is 0 Å². The summed E-state index contributed by atoms with van der Waals surface area (Å²) >= 11 is 6.21. The number of benzene rings is 1. The van der Waals surface area contributed by atoms with E-state index in [-0.39, 0.29) is 5.69 Å². The number of rotatable bonds is 5. The van der Waals surface area contributed by atoms with Crippen molar-refractivity contribution in [3.8, 4) is 5.69 Å². The molecule has 3 N–H and O–H groups in total. The van der Waals surface area contributed by atoms with Gasteiger partial charge in [-0.1, -0.05) is 24.6 Å². The van der Waals surface area contributed by atoms with Crippen LogP contribution in [-0.4, -0.2) is 22.2 Å². The van der Waals surface area contributed by atoms with Gasteiger partial charge < -0.3 is 11.1 Å². The Hall–Kier alpha value is -1.85. The van der Waals surface area contributed by atoms with Crippen LogP contribution in [0.1, 0.15) is 23.0 Å². The van der Waals surface area contributed by atoms with E-state index in [1.54, 1.807) is 16.9 Å². The molecule has 6 heteroatoms. The van der Waals surface area contributed by atoms with Crippen LogP contribution in [0.5, 0.6) is 0 Å². The average molecular weight is 279 g/mol. The molecule has 2 rings (SSSR count). The fourth-order valence-corrected chi connectivity index (χ4v) is 2.01. The van der Waals surface area contributed by atoms with Crippen molar-refractivity contribution in [2.24, 2.45) is 5.73 Å². The van der Waals surface area contributed by atoms with Crippen molar-refractivity contribution < 1.29 is 4.79 Å². The van der Waals surface area contributed by atoms with Gasteiger partial charge in [0, 0.05) is 23.3 Å². The van der Waals surface area contributed by atoms with Crippen LogP contribution in [0, 0.1) is 0 Å². The third-order valence-electron chi connectivity index (χ3n) is 2.73. The highest BCUT2D eigenvalue weighted by atomic mass is 35.5. The number of amides is 1. The molecule has 100 valence electrons. The molecule has 1 aromatic heterocycles. The molecule has 1 aromatic carbocycles. The Morgan fingerprint density at radius 1 is 1.47 bits per heavy atom. The Morgan fingerprint density at radius 2 is 2.26 bits per heavy atom. The smallest absolute Gasteiger partial charge is 0.269 e. The van der Waals surface area contributed by atoms with Crippen molar-refractivity contribution in [3.63, 3.8) is 0 Å². The van der Waals surface area contributed by atoms with Gasteiger partial charge in [-0.25, -0.2) is 4.68 Å². The van der Waals surface area contributed by atoms with E-state index < -0.39 is 5.91 Å². The summed E-state index contributed by atoms with van der Waals surface area (Å²) in [5.41, 5.74) is 7.20. The molecule has 5 nitrogen and oxygen atoms in total. The lowest BCUT2D eigenvalue weighted by Gasteiger charge is -2.11. The van der Waals surface area contributed by atoms with Crippen molar-refractivity contribution in [3.05, 3.63) is 46.7 Å². The number of hydrogen-bond donors (Lipinski definition) is 2. The third-order valence-corrected chi connectivity index (χ3v) is 3.09. The average Bonchev–Trinajstić information content (AvgIpc) is 2.86. The van der Waals surface area contributed by atoms with Gasteiger partial charge in [-0.05, 0) is 24.7 Å². The van der Waals surface area contributed by atoms with Gasteiger partial charge in [-0.2, -0.15) is 5.10 Å². The third kappa shape index (κ3) is 2.94. The summed E-state index contributed by atoms with van der Waals surface area (Å²) in [6, 6.07) is 7.16. The molecule has 0 radical (unpaired) electrons. The molecule has 1 heterocycles. The van der Waals surface area contributed by atoms with Crippen LogP contribution >= 0.6 is 11.6 Å². The van der Waals surface area contributed by atoms with E-state index in [9.17, 15) is 4.79 Å². The summed E-state index contributed by atoms with van der Waals surface area (Å²) in [4.78, 5) is 11.1. The highest BCUT2D eigenvalue weighted by Gasteiger charge is 2.11. The van der Waals surface area contributed by atoms with Crippen LogP contribution in [0.2, 0.25) is 5.02 Å². The monoisotopic (exact) mass is 278 g/mol. The SMILES string of the molecule is CCNCc1c(Cl)cccc1-n1ccc(C(N)=O)n1. The van der Waals surface area contributed by atoms with E-state index in [1.807, 2.05) is 25.1 Å². The summed E-state index contributed by atoms with van der Waals surface area (Å²) in [6.07, 6.45) is 1.70. The molecule has 0 aliphatic heterocycles. The van der Waals surface area contributed by atoms with Crippen LogP contribution < -0.4 is 11.1 Å². The zero-order valence-electron chi connectivity index (χ0n) is 10.6. The number of aromatic nitrogens is 2. The van der Waals surface area contributed by atoms with Gasteiger partial charge in [0.2, 0.25) is 0 Å². The first-order valence-electron chi connectivity index (χ1n) is 5.97.